The van der Waals surface area contributed by atoms with Crippen LogP contribution in [0.5, 0.6) is 5.75 Å². The molecule has 0 spiro atoms. The van der Waals surface area contributed by atoms with Crippen LogP contribution >= 0.6 is 0 Å². The molecule has 3 N–H and O–H groups in total. The van der Waals surface area contributed by atoms with E-state index < -0.39 is 17.6 Å². The third-order valence-electron chi connectivity index (χ3n) is 3.82. The predicted molar refractivity (Wildman–Crippen MR) is 87.5 cm³/mol. The molecular weight excluding hydrogens is 296 g/mol. The van der Waals surface area contributed by atoms with Gasteiger partial charge in [-0.05, 0) is 31.2 Å². The molecule has 0 saturated carbocycles. The van der Waals surface area contributed by atoms with E-state index in [-0.39, 0.29) is 6.61 Å². The molecule has 0 fully saturated rings. The van der Waals surface area contributed by atoms with Crippen molar-refractivity contribution in [3.63, 3.8) is 0 Å². The van der Waals surface area contributed by atoms with Crippen LogP contribution in [0.15, 0.2) is 41.9 Å². The van der Waals surface area contributed by atoms with Crippen molar-refractivity contribution in [2.24, 2.45) is 10.7 Å². The maximum Gasteiger partial charge on any atom is 0.249 e. The minimum Gasteiger partial charge on any atom is -0.494 e. The molecule has 1 amide bonds. The number of hydrogen-bond donors (Lipinski definition) is 2. The van der Waals surface area contributed by atoms with E-state index in [2.05, 4.69) is 11.6 Å². The van der Waals surface area contributed by atoms with E-state index in [4.69, 9.17) is 20.3 Å². The van der Waals surface area contributed by atoms with E-state index in [0.717, 1.165) is 5.56 Å². The Labute approximate surface area is 135 Å². The van der Waals surface area contributed by atoms with Gasteiger partial charge in [-0.2, -0.15) is 0 Å². The molecule has 0 aromatic heterocycles. The first-order valence-electron chi connectivity index (χ1n) is 7.55. The van der Waals surface area contributed by atoms with E-state index in [0.29, 0.717) is 31.1 Å². The minimum atomic E-state index is -1.10. The van der Waals surface area contributed by atoms with Crippen LogP contribution < -0.4 is 10.5 Å². The van der Waals surface area contributed by atoms with Crippen LogP contribution in [0.4, 0.5) is 0 Å². The van der Waals surface area contributed by atoms with E-state index in [1.165, 1.54) is 0 Å². The van der Waals surface area contributed by atoms with Gasteiger partial charge >= 0.3 is 0 Å². The molecule has 23 heavy (non-hydrogen) atoms. The smallest absolute Gasteiger partial charge is 0.249 e. The Kier molecular flexibility index (Phi) is 5.39. The highest BCUT2D eigenvalue weighted by Crippen LogP contribution is 2.32. The van der Waals surface area contributed by atoms with Crippen LogP contribution in [0.25, 0.3) is 0 Å². The fourth-order valence-electron chi connectivity index (χ4n) is 2.43. The van der Waals surface area contributed by atoms with E-state index in [9.17, 15) is 4.79 Å². The molecule has 6 heteroatoms. The van der Waals surface area contributed by atoms with Crippen LogP contribution in [-0.2, 0) is 9.53 Å². The summed E-state index contributed by atoms with van der Waals surface area (Å²) in [6.45, 7) is 5.99. The Bertz CT molecular complexity index is 597. The van der Waals surface area contributed by atoms with Crippen molar-refractivity contribution in [2.45, 2.75) is 31.4 Å². The molecule has 0 radical (unpaired) electrons. The Balaban J connectivity index is 2.18. The number of hydrogen-bond acceptors (Lipinski definition) is 5. The highest BCUT2D eigenvalue weighted by Gasteiger charge is 2.48. The van der Waals surface area contributed by atoms with Gasteiger partial charge in [0.05, 0.1) is 6.61 Å². The first-order chi connectivity index (χ1) is 11.0. The number of ether oxygens (including phenoxy) is 2. The number of primary amides is 1. The second kappa shape index (κ2) is 7.28. The van der Waals surface area contributed by atoms with Crippen LogP contribution in [-0.4, -0.2) is 41.8 Å². The van der Waals surface area contributed by atoms with Crippen molar-refractivity contribution in [1.29, 1.82) is 0 Å². The van der Waals surface area contributed by atoms with E-state index in [1.807, 2.05) is 12.1 Å². The average Bonchev–Trinajstić information content (AvgIpc) is 2.87. The molecule has 124 valence electrons. The van der Waals surface area contributed by atoms with E-state index in [1.54, 1.807) is 25.1 Å². The number of rotatable bonds is 8. The zero-order valence-electron chi connectivity index (χ0n) is 13.2. The molecule has 2 atom stereocenters. The monoisotopic (exact) mass is 318 g/mol. The van der Waals surface area contributed by atoms with Crippen LogP contribution in [0, 0.1) is 0 Å². The highest BCUT2D eigenvalue weighted by molar-refractivity contribution is 6.00. The second-order valence-electron chi connectivity index (χ2n) is 5.41. The molecule has 1 aromatic rings. The Morgan fingerprint density at radius 3 is 2.78 bits per heavy atom. The molecule has 0 aliphatic carbocycles. The van der Waals surface area contributed by atoms with Crippen molar-refractivity contribution in [3.8, 4) is 5.75 Å². The van der Waals surface area contributed by atoms with Gasteiger partial charge in [-0.3, -0.25) is 4.79 Å². The molecule has 1 heterocycles. The summed E-state index contributed by atoms with van der Waals surface area (Å²) in [5, 5.41) is 8.74. The number of benzene rings is 1. The number of nitrogens with zero attached hydrogens (tertiary/aromatic N) is 1. The summed E-state index contributed by atoms with van der Waals surface area (Å²) in [6.07, 6.45) is 2.08. The molecule has 6 nitrogen and oxygen atoms in total. The van der Waals surface area contributed by atoms with E-state index >= 15 is 0 Å². The Morgan fingerprint density at radius 1 is 1.52 bits per heavy atom. The number of aliphatic hydroxyl groups is 1. The van der Waals surface area contributed by atoms with Crippen molar-refractivity contribution in [2.75, 3.05) is 13.2 Å². The van der Waals surface area contributed by atoms with Crippen molar-refractivity contribution in [3.05, 3.63) is 42.5 Å². The first kappa shape index (κ1) is 17.0. The van der Waals surface area contributed by atoms with Gasteiger partial charge in [-0.25, -0.2) is 4.99 Å². The first-order valence-corrected chi connectivity index (χ1v) is 7.55. The summed E-state index contributed by atoms with van der Waals surface area (Å²) in [7, 11) is 0. The number of carbonyl (C=O) groups excluding carboxylic acids is 1. The fraction of sp³-hybridized carbons (Fsp3) is 0.412. The highest BCUT2D eigenvalue weighted by atomic mass is 16.5. The molecule has 1 aliphatic rings. The quantitative estimate of drug-likeness (QED) is 0.560. The number of aliphatic hydroxyl groups excluding tert-OH is 1. The van der Waals surface area contributed by atoms with Gasteiger partial charge in [0.15, 0.2) is 5.54 Å². The van der Waals surface area contributed by atoms with Gasteiger partial charge < -0.3 is 20.3 Å². The lowest BCUT2D eigenvalue weighted by molar-refractivity contribution is -0.125. The average molecular weight is 318 g/mol. The molecular formula is C17H22N2O4. The molecule has 1 aliphatic heterocycles. The van der Waals surface area contributed by atoms with Crippen LogP contribution in [0.2, 0.25) is 0 Å². The SMILES string of the molecule is C=CC[C@@]1(C(N)=O)N=C(c2ccc(OCCCO)cc2)O[C@@H]1C. The standard InChI is InChI=1S/C17H22N2O4/c1-3-9-17(16(18)21)12(2)23-15(19-17)13-5-7-14(8-6-13)22-11-4-10-20/h3,5-8,12,20H,1,4,9-11H2,2H3,(H2,18,21)/t12-,17-/m1/s1. The zero-order valence-corrected chi connectivity index (χ0v) is 13.2. The minimum absolute atomic E-state index is 0.0964. The molecule has 0 saturated heterocycles. The number of nitrogens with two attached hydrogens (primary N) is 1. The second-order valence-corrected chi connectivity index (χ2v) is 5.41. The topological polar surface area (TPSA) is 94.1 Å². The van der Waals surface area contributed by atoms with Crippen LogP contribution in [0.1, 0.15) is 25.3 Å². The third-order valence-corrected chi connectivity index (χ3v) is 3.82. The Morgan fingerprint density at radius 2 is 2.22 bits per heavy atom. The molecule has 2 rings (SSSR count). The molecule has 0 unspecified atom stereocenters. The lowest BCUT2D eigenvalue weighted by Gasteiger charge is -2.23. The maximum absolute atomic E-state index is 11.8. The van der Waals surface area contributed by atoms with Crippen molar-refractivity contribution >= 4 is 11.8 Å². The van der Waals surface area contributed by atoms with Gasteiger partial charge in [0.25, 0.3) is 0 Å². The lowest BCUT2D eigenvalue weighted by Crippen LogP contribution is -2.48. The fourth-order valence-corrected chi connectivity index (χ4v) is 2.43. The third kappa shape index (κ3) is 3.53. The summed E-state index contributed by atoms with van der Waals surface area (Å²) in [4.78, 5) is 16.3. The summed E-state index contributed by atoms with van der Waals surface area (Å²) >= 11 is 0. The van der Waals surface area contributed by atoms with Gasteiger partial charge in [0.2, 0.25) is 11.8 Å². The maximum atomic E-state index is 11.8. The lowest BCUT2D eigenvalue weighted by atomic mass is 9.90. The molecule has 0 bridgehead atoms. The van der Waals surface area contributed by atoms with Crippen molar-refractivity contribution in [1.82, 2.24) is 0 Å². The summed E-state index contributed by atoms with van der Waals surface area (Å²) < 4.78 is 11.2. The van der Waals surface area contributed by atoms with Gasteiger partial charge in [0.1, 0.15) is 11.9 Å². The number of aliphatic imine (C=N–C) groups is 1. The largest absolute Gasteiger partial charge is 0.494 e. The van der Waals surface area contributed by atoms with Crippen molar-refractivity contribution < 1.29 is 19.4 Å². The van der Waals surface area contributed by atoms with Gasteiger partial charge in [-0.1, -0.05) is 6.08 Å². The van der Waals surface area contributed by atoms with Gasteiger partial charge in [0, 0.05) is 25.0 Å². The van der Waals surface area contributed by atoms with Gasteiger partial charge in [-0.15, -0.1) is 6.58 Å². The predicted octanol–water partition coefficient (Wildman–Crippen LogP) is 1.41. The normalized spacial score (nSPS) is 23.0. The number of amides is 1. The summed E-state index contributed by atoms with van der Waals surface area (Å²) in [5.41, 5.74) is 5.17. The summed E-state index contributed by atoms with van der Waals surface area (Å²) in [5.74, 6) is 0.560. The van der Waals surface area contributed by atoms with Crippen LogP contribution in [0.3, 0.4) is 0 Å². The summed E-state index contributed by atoms with van der Waals surface area (Å²) in [6, 6.07) is 7.21. The Hall–Kier alpha value is -2.34. The zero-order chi connectivity index (χ0) is 16.9. The number of carbonyl (C=O) groups is 1. The molecule has 1 aromatic carbocycles.